The van der Waals surface area contributed by atoms with Crippen molar-refractivity contribution < 1.29 is 4.39 Å². The molecular formula is C13H19BrFN. The molecule has 0 amide bonds. The largest absolute Gasteiger partial charge is 0.316 e. The van der Waals surface area contributed by atoms with E-state index >= 15 is 0 Å². The minimum Gasteiger partial charge on any atom is -0.316 e. The summed E-state index contributed by atoms with van der Waals surface area (Å²) in [5.74, 6) is 0.334. The third-order valence-electron chi connectivity index (χ3n) is 2.52. The molecule has 0 radical (unpaired) electrons. The second-order valence-electron chi connectivity index (χ2n) is 4.23. The molecule has 1 aromatic carbocycles. The zero-order valence-electron chi connectivity index (χ0n) is 9.89. The summed E-state index contributed by atoms with van der Waals surface area (Å²) >= 11 is 3.21. The van der Waals surface area contributed by atoms with Crippen molar-refractivity contribution in [1.82, 2.24) is 5.32 Å². The van der Waals surface area contributed by atoms with E-state index in [9.17, 15) is 4.39 Å². The van der Waals surface area contributed by atoms with Gasteiger partial charge in [0.1, 0.15) is 5.82 Å². The Kier molecular flexibility index (Phi) is 5.99. The fourth-order valence-electron chi connectivity index (χ4n) is 1.68. The van der Waals surface area contributed by atoms with Crippen molar-refractivity contribution in [2.24, 2.45) is 5.92 Å². The molecule has 0 aliphatic rings. The summed E-state index contributed by atoms with van der Waals surface area (Å²) in [5, 5.41) is 3.35. The van der Waals surface area contributed by atoms with E-state index in [1.54, 1.807) is 6.07 Å². The molecule has 3 heteroatoms. The predicted molar refractivity (Wildman–Crippen MR) is 70.1 cm³/mol. The molecule has 0 aliphatic heterocycles. The van der Waals surface area contributed by atoms with Crippen LogP contribution in [-0.2, 0) is 6.42 Å². The van der Waals surface area contributed by atoms with E-state index in [-0.39, 0.29) is 5.82 Å². The van der Waals surface area contributed by atoms with E-state index in [2.05, 4.69) is 35.1 Å². The number of benzene rings is 1. The topological polar surface area (TPSA) is 12.0 Å². The normalized spacial score (nSPS) is 12.8. The zero-order valence-corrected chi connectivity index (χ0v) is 11.5. The summed E-state index contributed by atoms with van der Waals surface area (Å²) < 4.78 is 14.2. The van der Waals surface area contributed by atoms with Crippen LogP contribution in [0.2, 0.25) is 0 Å². The van der Waals surface area contributed by atoms with Gasteiger partial charge in [-0.25, -0.2) is 4.39 Å². The first-order valence-corrected chi connectivity index (χ1v) is 6.58. The van der Waals surface area contributed by atoms with E-state index in [0.29, 0.717) is 10.4 Å². The van der Waals surface area contributed by atoms with Crippen LogP contribution in [0.15, 0.2) is 22.7 Å². The highest BCUT2D eigenvalue weighted by molar-refractivity contribution is 9.10. The molecule has 0 bridgehead atoms. The molecular weight excluding hydrogens is 269 g/mol. The summed E-state index contributed by atoms with van der Waals surface area (Å²) in [5.41, 5.74) is 0.792. The third kappa shape index (κ3) is 4.22. The fourth-order valence-corrected chi connectivity index (χ4v) is 2.09. The van der Waals surface area contributed by atoms with Crippen LogP contribution >= 0.6 is 15.9 Å². The molecule has 0 saturated carbocycles. The number of rotatable bonds is 6. The Labute approximate surface area is 106 Å². The van der Waals surface area contributed by atoms with Crippen molar-refractivity contribution >= 4 is 15.9 Å². The van der Waals surface area contributed by atoms with Gasteiger partial charge in [0.25, 0.3) is 0 Å². The lowest BCUT2D eigenvalue weighted by Gasteiger charge is -2.13. The second kappa shape index (κ2) is 7.02. The lowest BCUT2D eigenvalue weighted by atomic mass is 10.0. The Morgan fingerprint density at radius 3 is 2.88 bits per heavy atom. The number of nitrogens with one attached hydrogen (secondary N) is 1. The summed E-state index contributed by atoms with van der Waals surface area (Å²) in [6.45, 7) is 6.26. The van der Waals surface area contributed by atoms with Gasteiger partial charge in [0.05, 0.1) is 4.47 Å². The van der Waals surface area contributed by atoms with Crippen molar-refractivity contribution in [1.29, 1.82) is 0 Å². The van der Waals surface area contributed by atoms with Gasteiger partial charge in [0.2, 0.25) is 0 Å². The summed E-state index contributed by atoms with van der Waals surface area (Å²) in [6, 6.07) is 5.48. The lowest BCUT2D eigenvalue weighted by Crippen LogP contribution is -2.23. The Bertz CT molecular complexity index is 328. The molecule has 1 atom stereocenters. The van der Waals surface area contributed by atoms with E-state index in [1.807, 2.05) is 12.1 Å². The first-order valence-electron chi connectivity index (χ1n) is 5.78. The fraction of sp³-hybridized carbons (Fsp3) is 0.538. The SMILES string of the molecule is CCCNCC(C)Cc1cccc(Br)c1F. The quantitative estimate of drug-likeness (QED) is 0.786. The number of hydrogen-bond acceptors (Lipinski definition) is 1. The van der Waals surface area contributed by atoms with Crippen LogP contribution in [0, 0.1) is 11.7 Å². The van der Waals surface area contributed by atoms with Crippen molar-refractivity contribution in [3.05, 3.63) is 34.1 Å². The Morgan fingerprint density at radius 1 is 1.44 bits per heavy atom. The average Bonchev–Trinajstić information content (AvgIpc) is 2.25. The molecule has 0 aliphatic carbocycles. The van der Waals surface area contributed by atoms with Gasteiger partial charge in [0.15, 0.2) is 0 Å². The van der Waals surface area contributed by atoms with Crippen molar-refractivity contribution in [3.8, 4) is 0 Å². The maximum atomic E-state index is 13.7. The van der Waals surface area contributed by atoms with Gasteiger partial charge in [-0.1, -0.05) is 26.0 Å². The number of hydrogen-bond donors (Lipinski definition) is 1. The van der Waals surface area contributed by atoms with Crippen LogP contribution in [0.4, 0.5) is 4.39 Å². The molecule has 1 rings (SSSR count). The smallest absolute Gasteiger partial charge is 0.140 e. The molecule has 16 heavy (non-hydrogen) atoms. The van der Waals surface area contributed by atoms with Gasteiger partial charge in [0, 0.05) is 0 Å². The van der Waals surface area contributed by atoms with Crippen LogP contribution < -0.4 is 5.32 Å². The van der Waals surface area contributed by atoms with Gasteiger partial charge in [-0.3, -0.25) is 0 Å². The minimum absolute atomic E-state index is 0.121. The first-order chi connectivity index (χ1) is 7.65. The highest BCUT2D eigenvalue weighted by Gasteiger charge is 2.09. The van der Waals surface area contributed by atoms with Crippen molar-refractivity contribution in [3.63, 3.8) is 0 Å². The lowest BCUT2D eigenvalue weighted by molar-refractivity contribution is 0.496. The summed E-state index contributed by atoms with van der Waals surface area (Å²) in [7, 11) is 0. The maximum absolute atomic E-state index is 13.7. The van der Waals surface area contributed by atoms with Crippen LogP contribution in [0.5, 0.6) is 0 Å². The molecule has 0 aromatic heterocycles. The molecule has 0 fully saturated rings. The molecule has 90 valence electrons. The predicted octanol–water partition coefficient (Wildman–Crippen LogP) is 3.77. The monoisotopic (exact) mass is 287 g/mol. The molecule has 1 aromatic rings. The first kappa shape index (κ1) is 13.7. The third-order valence-corrected chi connectivity index (χ3v) is 3.13. The van der Waals surface area contributed by atoms with Crippen LogP contribution in [0.1, 0.15) is 25.8 Å². The van der Waals surface area contributed by atoms with Gasteiger partial charge in [-0.2, -0.15) is 0 Å². The van der Waals surface area contributed by atoms with Crippen LogP contribution in [0.3, 0.4) is 0 Å². The summed E-state index contributed by atoms with van der Waals surface area (Å²) in [4.78, 5) is 0. The van der Waals surface area contributed by atoms with Gasteiger partial charge in [-0.15, -0.1) is 0 Å². The van der Waals surface area contributed by atoms with Crippen LogP contribution in [0.25, 0.3) is 0 Å². The van der Waals surface area contributed by atoms with E-state index in [1.165, 1.54) is 0 Å². The molecule has 1 nitrogen and oxygen atoms in total. The average molecular weight is 288 g/mol. The highest BCUT2D eigenvalue weighted by Crippen LogP contribution is 2.20. The Morgan fingerprint density at radius 2 is 2.19 bits per heavy atom. The molecule has 1 N–H and O–H groups in total. The second-order valence-corrected chi connectivity index (χ2v) is 5.08. The minimum atomic E-state index is -0.121. The standard InChI is InChI=1S/C13H19BrFN/c1-3-7-16-9-10(2)8-11-5-4-6-12(14)13(11)15/h4-6,10,16H,3,7-9H2,1-2H3. The highest BCUT2D eigenvalue weighted by atomic mass is 79.9. The van der Waals surface area contributed by atoms with Crippen molar-refractivity contribution in [2.45, 2.75) is 26.7 Å². The maximum Gasteiger partial charge on any atom is 0.140 e. The van der Waals surface area contributed by atoms with E-state index < -0.39 is 0 Å². The Hall–Kier alpha value is -0.410. The molecule has 0 heterocycles. The molecule has 0 spiro atoms. The summed E-state index contributed by atoms with van der Waals surface area (Å²) in [6.07, 6.45) is 1.92. The van der Waals surface area contributed by atoms with E-state index in [4.69, 9.17) is 0 Å². The van der Waals surface area contributed by atoms with Gasteiger partial charge in [-0.05, 0) is 59.4 Å². The molecule has 0 saturated heterocycles. The van der Waals surface area contributed by atoms with E-state index in [0.717, 1.165) is 31.5 Å². The van der Waals surface area contributed by atoms with Crippen LogP contribution in [-0.4, -0.2) is 13.1 Å². The zero-order chi connectivity index (χ0) is 12.0. The number of halogens is 2. The van der Waals surface area contributed by atoms with Crippen molar-refractivity contribution in [2.75, 3.05) is 13.1 Å². The Balaban J connectivity index is 2.49. The van der Waals surface area contributed by atoms with Gasteiger partial charge < -0.3 is 5.32 Å². The van der Waals surface area contributed by atoms with Gasteiger partial charge >= 0.3 is 0 Å². The molecule has 1 unspecified atom stereocenters.